The third-order valence-corrected chi connectivity index (χ3v) is 5.88. The van der Waals surface area contributed by atoms with Crippen LogP contribution in [0, 0.1) is 23.7 Å². The van der Waals surface area contributed by atoms with Crippen molar-refractivity contribution in [3.05, 3.63) is 0 Å². The lowest BCUT2D eigenvalue weighted by Gasteiger charge is -2.30. The van der Waals surface area contributed by atoms with Gasteiger partial charge in [0, 0.05) is 11.8 Å². The number of rotatable bonds is 4. The molecule has 24 heavy (non-hydrogen) atoms. The van der Waals surface area contributed by atoms with Crippen LogP contribution >= 0.6 is 0 Å². The number of morpholine rings is 1. The van der Waals surface area contributed by atoms with Crippen molar-refractivity contribution >= 4 is 17.9 Å². The molecule has 2 saturated carbocycles. The largest absolute Gasteiger partial charge is 0.469 e. The Labute approximate surface area is 139 Å². The van der Waals surface area contributed by atoms with Crippen LogP contribution < -0.4 is 4.90 Å². The predicted octanol–water partition coefficient (Wildman–Crippen LogP) is -2.21. The third kappa shape index (κ3) is 2.39. The number of carbonyl (C=O) groups excluding carboxylic acids is 3. The van der Waals surface area contributed by atoms with Crippen LogP contribution in [-0.4, -0.2) is 70.1 Å². The van der Waals surface area contributed by atoms with Crippen LogP contribution in [0.15, 0.2) is 0 Å². The maximum atomic E-state index is 12.3. The van der Waals surface area contributed by atoms with Crippen LogP contribution in [0.4, 0.5) is 0 Å². The molecule has 2 heterocycles. The molecule has 2 bridgehead atoms. The molecule has 2 saturated heterocycles. The van der Waals surface area contributed by atoms with Gasteiger partial charge in [-0.15, -0.1) is 0 Å². The average molecular weight is 340 g/mol. The van der Waals surface area contributed by atoms with Gasteiger partial charge in [-0.25, -0.2) is 4.79 Å². The number of ether oxygens (including phenoxy) is 4. The number of quaternary nitrogens is 1. The first-order valence-corrected chi connectivity index (χ1v) is 8.49. The molecule has 2 aliphatic carbocycles. The lowest BCUT2D eigenvalue weighted by atomic mass is 9.78. The van der Waals surface area contributed by atoms with E-state index in [1.165, 1.54) is 7.11 Å². The van der Waals surface area contributed by atoms with Crippen LogP contribution in [0.25, 0.3) is 0 Å². The minimum Gasteiger partial charge on any atom is -0.469 e. The first-order chi connectivity index (χ1) is 11.6. The highest BCUT2D eigenvalue weighted by Crippen LogP contribution is 2.58. The van der Waals surface area contributed by atoms with Gasteiger partial charge < -0.3 is 23.8 Å². The van der Waals surface area contributed by atoms with Gasteiger partial charge in [0.25, 0.3) is 0 Å². The van der Waals surface area contributed by atoms with E-state index in [0.29, 0.717) is 19.6 Å². The van der Waals surface area contributed by atoms with Gasteiger partial charge in [0.15, 0.2) is 6.54 Å². The van der Waals surface area contributed by atoms with Crippen LogP contribution in [0.1, 0.15) is 6.42 Å². The van der Waals surface area contributed by atoms with Gasteiger partial charge in [0.1, 0.15) is 25.3 Å². The average Bonchev–Trinajstić information content (AvgIpc) is 3.18. The van der Waals surface area contributed by atoms with Gasteiger partial charge in [0.2, 0.25) is 0 Å². The summed E-state index contributed by atoms with van der Waals surface area (Å²) in [5, 5.41) is 0. The molecule has 1 N–H and O–H groups in total. The lowest BCUT2D eigenvalue weighted by molar-refractivity contribution is -0.900. The monoisotopic (exact) mass is 340 g/mol. The summed E-state index contributed by atoms with van der Waals surface area (Å²) in [5.41, 5.74) is 0. The van der Waals surface area contributed by atoms with E-state index in [-0.39, 0.29) is 30.3 Å². The fourth-order valence-electron chi connectivity index (χ4n) is 4.84. The van der Waals surface area contributed by atoms with Gasteiger partial charge in [0.05, 0.1) is 32.2 Å². The van der Waals surface area contributed by atoms with Gasteiger partial charge in [-0.3, -0.25) is 9.59 Å². The lowest BCUT2D eigenvalue weighted by Crippen LogP contribution is -3.15. The molecule has 0 spiro atoms. The number of methoxy groups -OCH3 is 1. The Balaban J connectivity index is 1.45. The fraction of sp³-hybridized carbons (Fsp3) is 0.812. The smallest absolute Gasteiger partial charge is 0.362 e. The molecule has 6 atom stereocenters. The van der Waals surface area contributed by atoms with Crippen molar-refractivity contribution in [3.8, 4) is 0 Å². The summed E-state index contributed by atoms with van der Waals surface area (Å²) in [6.45, 7) is 3.10. The highest BCUT2D eigenvalue weighted by molar-refractivity contribution is 5.86. The zero-order valence-corrected chi connectivity index (χ0v) is 13.6. The Morgan fingerprint density at radius 1 is 1.25 bits per heavy atom. The van der Waals surface area contributed by atoms with E-state index in [1.54, 1.807) is 0 Å². The van der Waals surface area contributed by atoms with Gasteiger partial charge in [-0.1, -0.05) is 0 Å². The van der Waals surface area contributed by atoms with E-state index in [4.69, 9.17) is 18.9 Å². The normalized spacial score (nSPS) is 40.5. The standard InChI is InChI=1S/C16H21NO7/c1-21-15(19)11-8-6-9-12(11)16(20)24-14(9)13(8)23-10(18)7-17-2-4-22-5-3-17/h8-9,11-14H,2-7H2,1H3/p+1. The van der Waals surface area contributed by atoms with Crippen molar-refractivity contribution in [3.63, 3.8) is 0 Å². The second-order valence-electron chi connectivity index (χ2n) is 7.03. The summed E-state index contributed by atoms with van der Waals surface area (Å²) in [6, 6.07) is 0. The van der Waals surface area contributed by atoms with Crippen LogP contribution in [0.3, 0.4) is 0 Å². The SMILES string of the molecule is COC(=O)C1C2CC3C(OC(=O)C31)C2OC(=O)C[NH+]1CCOCC1. The summed E-state index contributed by atoms with van der Waals surface area (Å²) in [4.78, 5) is 37.6. The Kier molecular flexibility index (Phi) is 3.96. The zero-order chi connectivity index (χ0) is 16.8. The quantitative estimate of drug-likeness (QED) is 0.458. The van der Waals surface area contributed by atoms with E-state index in [0.717, 1.165) is 18.0 Å². The number of carbonyl (C=O) groups is 3. The first-order valence-electron chi connectivity index (χ1n) is 8.49. The van der Waals surface area contributed by atoms with E-state index >= 15 is 0 Å². The Morgan fingerprint density at radius 2 is 2.00 bits per heavy atom. The summed E-state index contributed by atoms with van der Waals surface area (Å²) in [5.74, 6) is -2.31. The molecule has 4 fully saturated rings. The molecular formula is C16H22NO7+. The van der Waals surface area contributed by atoms with E-state index in [9.17, 15) is 14.4 Å². The van der Waals surface area contributed by atoms with Crippen molar-refractivity contribution in [2.75, 3.05) is 40.0 Å². The molecule has 0 amide bonds. The zero-order valence-electron chi connectivity index (χ0n) is 13.6. The molecule has 132 valence electrons. The van der Waals surface area contributed by atoms with Gasteiger partial charge >= 0.3 is 17.9 Å². The summed E-state index contributed by atoms with van der Waals surface area (Å²) < 4.78 is 21.2. The molecule has 6 unspecified atom stereocenters. The molecule has 0 aromatic heterocycles. The molecule has 0 aromatic rings. The Morgan fingerprint density at radius 3 is 2.71 bits per heavy atom. The van der Waals surface area contributed by atoms with Crippen molar-refractivity contribution < 1.29 is 38.2 Å². The molecule has 4 aliphatic rings. The maximum absolute atomic E-state index is 12.3. The second-order valence-corrected chi connectivity index (χ2v) is 7.03. The molecular weight excluding hydrogens is 318 g/mol. The molecule has 4 rings (SSSR count). The minimum absolute atomic E-state index is 0.0415. The Bertz CT molecular complexity index is 559. The minimum atomic E-state index is -0.556. The summed E-state index contributed by atoms with van der Waals surface area (Å²) >= 11 is 0. The molecule has 0 aromatic carbocycles. The second kappa shape index (κ2) is 6.00. The first kappa shape index (κ1) is 15.8. The summed E-state index contributed by atoms with van der Waals surface area (Å²) in [6.07, 6.45) is -0.268. The molecule has 2 aliphatic heterocycles. The van der Waals surface area contributed by atoms with E-state index < -0.39 is 30.0 Å². The van der Waals surface area contributed by atoms with E-state index in [2.05, 4.69) is 0 Å². The number of hydrogen-bond acceptors (Lipinski definition) is 7. The number of nitrogens with one attached hydrogen (secondary N) is 1. The Hall–Kier alpha value is -1.67. The van der Waals surface area contributed by atoms with Crippen LogP contribution in [0.2, 0.25) is 0 Å². The number of esters is 3. The van der Waals surface area contributed by atoms with Crippen molar-refractivity contribution in [1.82, 2.24) is 0 Å². The van der Waals surface area contributed by atoms with Crippen LogP contribution in [-0.2, 0) is 33.3 Å². The molecule has 0 radical (unpaired) electrons. The van der Waals surface area contributed by atoms with Crippen molar-refractivity contribution in [2.45, 2.75) is 18.6 Å². The number of hydrogen-bond donors (Lipinski definition) is 1. The topological polar surface area (TPSA) is 92.6 Å². The van der Waals surface area contributed by atoms with Crippen molar-refractivity contribution in [2.24, 2.45) is 23.7 Å². The van der Waals surface area contributed by atoms with Crippen molar-refractivity contribution in [1.29, 1.82) is 0 Å². The van der Waals surface area contributed by atoms with Gasteiger partial charge in [-0.2, -0.15) is 0 Å². The maximum Gasteiger partial charge on any atom is 0.362 e. The van der Waals surface area contributed by atoms with E-state index in [1.807, 2.05) is 0 Å². The highest BCUT2D eigenvalue weighted by Gasteiger charge is 2.70. The highest BCUT2D eigenvalue weighted by atomic mass is 16.6. The number of fused-ring (bicyclic) bond motifs is 1. The van der Waals surface area contributed by atoms with Gasteiger partial charge in [-0.05, 0) is 6.42 Å². The molecule has 8 nitrogen and oxygen atoms in total. The molecule has 8 heteroatoms. The summed E-state index contributed by atoms with van der Waals surface area (Å²) in [7, 11) is 1.31. The fourth-order valence-corrected chi connectivity index (χ4v) is 4.84. The van der Waals surface area contributed by atoms with Crippen LogP contribution in [0.5, 0.6) is 0 Å². The predicted molar refractivity (Wildman–Crippen MR) is 76.7 cm³/mol. The third-order valence-electron chi connectivity index (χ3n) is 5.88.